The fraction of sp³-hybridized carbons (Fsp3) is 0.591. The first-order valence-electron chi connectivity index (χ1n) is 9.67. The summed E-state index contributed by atoms with van der Waals surface area (Å²) in [4.78, 5) is 37.4. The van der Waals surface area contributed by atoms with Gasteiger partial charge >= 0.3 is 11.9 Å². The zero-order valence-corrected chi connectivity index (χ0v) is 17.7. The minimum atomic E-state index is -0.954. The molecule has 6 heteroatoms. The van der Waals surface area contributed by atoms with Gasteiger partial charge in [-0.05, 0) is 66.0 Å². The van der Waals surface area contributed by atoms with E-state index in [-0.39, 0.29) is 43.5 Å². The number of carbonyl (C=O) groups excluding carboxylic acids is 3. The molecule has 0 saturated carbocycles. The second kappa shape index (κ2) is 7.94. The van der Waals surface area contributed by atoms with Crippen molar-refractivity contribution < 1.29 is 23.9 Å². The maximum absolute atomic E-state index is 12.9. The molecule has 0 saturated heterocycles. The van der Waals surface area contributed by atoms with E-state index in [1.54, 1.807) is 41.5 Å². The molecule has 0 bridgehead atoms. The van der Waals surface area contributed by atoms with Gasteiger partial charge in [-0.1, -0.05) is 18.2 Å². The SMILES string of the molecule is CC(C)(C)OC(=O)CCC1(CCC(=O)OC(C)(C)C)C(=O)Nc2ccccc21. The third kappa shape index (κ3) is 5.57. The van der Waals surface area contributed by atoms with Crippen LogP contribution in [-0.2, 0) is 29.3 Å². The minimum Gasteiger partial charge on any atom is -0.460 e. The van der Waals surface area contributed by atoms with Gasteiger partial charge in [0, 0.05) is 18.5 Å². The third-order valence-corrected chi connectivity index (χ3v) is 4.48. The van der Waals surface area contributed by atoms with Crippen LogP contribution in [0.2, 0.25) is 0 Å². The first kappa shape index (κ1) is 21.9. The Kier molecular flexibility index (Phi) is 6.21. The Balaban J connectivity index is 2.21. The molecule has 1 heterocycles. The van der Waals surface area contributed by atoms with Gasteiger partial charge in [-0.15, -0.1) is 0 Å². The van der Waals surface area contributed by atoms with Gasteiger partial charge in [0.2, 0.25) is 5.91 Å². The summed E-state index contributed by atoms with van der Waals surface area (Å²) in [5, 5.41) is 2.89. The van der Waals surface area contributed by atoms with Crippen LogP contribution < -0.4 is 5.32 Å². The molecule has 0 radical (unpaired) electrons. The van der Waals surface area contributed by atoms with Crippen LogP contribution >= 0.6 is 0 Å². The van der Waals surface area contributed by atoms with Gasteiger partial charge < -0.3 is 14.8 Å². The fourth-order valence-corrected chi connectivity index (χ4v) is 3.41. The van der Waals surface area contributed by atoms with Crippen LogP contribution in [0.25, 0.3) is 0 Å². The Morgan fingerprint density at radius 1 is 0.893 bits per heavy atom. The summed E-state index contributed by atoms with van der Waals surface area (Å²) in [5.41, 5.74) is -0.592. The van der Waals surface area contributed by atoms with E-state index in [1.165, 1.54) is 0 Å². The lowest BCUT2D eigenvalue weighted by Gasteiger charge is -2.28. The molecule has 0 unspecified atom stereocenters. The van der Waals surface area contributed by atoms with Gasteiger partial charge in [0.1, 0.15) is 11.2 Å². The summed E-state index contributed by atoms with van der Waals surface area (Å²) in [6.07, 6.45) is 0.724. The predicted molar refractivity (Wildman–Crippen MR) is 107 cm³/mol. The van der Waals surface area contributed by atoms with Crippen LogP contribution in [0.1, 0.15) is 72.8 Å². The average Bonchev–Trinajstić information content (AvgIpc) is 2.80. The van der Waals surface area contributed by atoms with Crippen molar-refractivity contribution in [3.8, 4) is 0 Å². The van der Waals surface area contributed by atoms with E-state index in [0.717, 1.165) is 11.3 Å². The Morgan fingerprint density at radius 2 is 1.36 bits per heavy atom. The average molecular weight is 389 g/mol. The van der Waals surface area contributed by atoms with Crippen LogP contribution in [0.4, 0.5) is 5.69 Å². The largest absolute Gasteiger partial charge is 0.460 e. The number of esters is 2. The quantitative estimate of drug-likeness (QED) is 0.740. The zero-order valence-electron chi connectivity index (χ0n) is 17.7. The molecular formula is C22H31NO5. The van der Waals surface area contributed by atoms with Crippen LogP contribution in [-0.4, -0.2) is 29.0 Å². The van der Waals surface area contributed by atoms with Crippen molar-refractivity contribution >= 4 is 23.5 Å². The van der Waals surface area contributed by atoms with Crippen LogP contribution in [0.5, 0.6) is 0 Å². The molecule has 1 N–H and O–H groups in total. The Hall–Kier alpha value is -2.37. The number of benzene rings is 1. The number of ether oxygens (including phenoxy) is 2. The molecule has 1 aromatic rings. The summed E-state index contributed by atoms with van der Waals surface area (Å²) >= 11 is 0. The van der Waals surface area contributed by atoms with Crippen molar-refractivity contribution in [2.75, 3.05) is 5.32 Å². The Morgan fingerprint density at radius 3 is 1.82 bits per heavy atom. The van der Waals surface area contributed by atoms with Gasteiger partial charge in [-0.25, -0.2) is 0 Å². The van der Waals surface area contributed by atoms with Crippen LogP contribution in [0.3, 0.4) is 0 Å². The zero-order chi connectivity index (χ0) is 21.2. The highest BCUT2D eigenvalue weighted by Crippen LogP contribution is 2.44. The van der Waals surface area contributed by atoms with Crippen LogP contribution in [0, 0.1) is 0 Å². The smallest absolute Gasteiger partial charge is 0.306 e. The van der Waals surface area contributed by atoms with Crippen molar-refractivity contribution in [1.29, 1.82) is 0 Å². The van der Waals surface area contributed by atoms with Crippen molar-refractivity contribution in [3.63, 3.8) is 0 Å². The first-order chi connectivity index (χ1) is 12.8. The standard InChI is InChI=1S/C22H31NO5/c1-20(2,3)27-17(24)11-13-22(14-12-18(25)28-21(4,5)6)15-9-7-8-10-16(15)23-19(22)26/h7-10H,11-14H2,1-6H3,(H,23,26). The number of anilines is 1. The second-order valence-corrected chi connectivity index (χ2v) is 9.25. The Labute approximate surface area is 167 Å². The lowest BCUT2D eigenvalue weighted by Crippen LogP contribution is -2.37. The number of nitrogens with one attached hydrogen (secondary N) is 1. The monoisotopic (exact) mass is 389 g/mol. The number of carbonyl (C=O) groups is 3. The summed E-state index contributed by atoms with van der Waals surface area (Å²) < 4.78 is 10.8. The molecule has 0 fully saturated rings. The van der Waals surface area contributed by atoms with Gasteiger partial charge in [0.25, 0.3) is 0 Å². The molecule has 28 heavy (non-hydrogen) atoms. The molecule has 0 spiro atoms. The van der Waals surface area contributed by atoms with Crippen LogP contribution in [0.15, 0.2) is 24.3 Å². The number of hydrogen-bond donors (Lipinski definition) is 1. The van der Waals surface area contributed by atoms with Gasteiger partial charge in [0.05, 0.1) is 5.41 Å². The highest BCUT2D eigenvalue weighted by molar-refractivity contribution is 6.06. The number of hydrogen-bond acceptors (Lipinski definition) is 5. The van der Waals surface area contributed by atoms with E-state index in [2.05, 4.69) is 5.32 Å². The number of rotatable bonds is 6. The summed E-state index contributed by atoms with van der Waals surface area (Å²) in [5.74, 6) is -0.913. The second-order valence-electron chi connectivity index (χ2n) is 9.25. The minimum absolute atomic E-state index is 0.0906. The Bertz CT molecular complexity index is 723. The van der Waals surface area contributed by atoms with E-state index >= 15 is 0 Å². The fourth-order valence-electron chi connectivity index (χ4n) is 3.41. The lowest BCUT2D eigenvalue weighted by molar-refractivity contribution is -0.155. The van der Waals surface area contributed by atoms with Crippen molar-refractivity contribution in [1.82, 2.24) is 0 Å². The van der Waals surface area contributed by atoms with E-state index in [0.29, 0.717) is 0 Å². The summed E-state index contributed by atoms with van der Waals surface area (Å²) in [7, 11) is 0. The predicted octanol–water partition coefficient (Wildman–Crippen LogP) is 4.12. The molecule has 1 aliphatic rings. The molecule has 0 atom stereocenters. The molecule has 6 nitrogen and oxygen atoms in total. The van der Waals surface area contributed by atoms with E-state index in [9.17, 15) is 14.4 Å². The molecule has 1 aliphatic heterocycles. The lowest BCUT2D eigenvalue weighted by atomic mass is 9.74. The molecule has 1 amide bonds. The van der Waals surface area contributed by atoms with E-state index in [1.807, 2.05) is 24.3 Å². The number of para-hydroxylation sites is 1. The highest BCUT2D eigenvalue weighted by Gasteiger charge is 2.47. The maximum Gasteiger partial charge on any atom is 0.306 e. The summed E-state index contributed by atoms with van der Waals surface area (Å²) in [6.45, 7) is 10.8. The molecule has 0 aromatic heterocycles. The van der Waals surface area contributed by atoms with Gasteiger partial charge in [0.15, 0.2) is 0 Å². The van der Waals surface area contributed by atoms with Crippen molar-refractivity contribution in [2.24, 2.45) is 0 Å². The normalized spacial score (nSPS) is 15.6. The van der Waals surface area contributed by atoms with Crippen molar-refractivity contribution in [3.05, 3.63) is 29.8 Å². The maximum atomic E-state index is 12.9. The number of fused-ring (bicyclic) bond motifs is 1. The molecule has 1 aromatic carbocycles. The van der Waals surface area contributed by atoms with Crippen molar-refractivity contribution in [2.45, 2.75) is 83.8 Å². The topological polar surface area (TPSA) is 81.7 Å². The van der Waals surface area contributed by atoms with E-state index < -0.39 is 16.6 Å². The number of amides is 1. The summed E-state index contributed by atoms with van der Waals surface area (Å²) in [6, 6.07) is 7.40. The van der Waals surface area contributed by atoms with E-state index in [4.69, 9.17) is 9.47 Å². The third-order valence-electron chi connectivity index (χ3n) is 4.48. The molecule has 154 valence electrons. The molecule has 0 aliphatic carbocycles. The molecular weight excluding hydrogens is 358 g/mol. The molecule has 2 rings (SSSR count). The van der Waals surface area contributed by atoms with Gasteiger partial charge in [-0.2, -0.15) is 0 Å². The highest BCUT2D eigenvalue weighted by atomic mass is 16.6. The first-order valence-corrected chi connectivity index (χ1v) is 9.67. The van der Waals surface area contributed by atoms with Gasteiger partial charge in [-0.3, -0.25) is 14.4 Å².